The van der Waals surface area contributed by atoms with Crippen molar-refractivity contribution in [3.05, 3.63) is 34.7 Å². The highest BCUT2D eigenvalue weighted by Gasteiger charge is 2.32. The van der Waals surface area contributed by atoms with Crippen LogP contribution in [0.3, 0.4) is 0 Å². The van der Waals surface area contributed by atoms with E-state index in [0.29, 0.717) is 12.0 Å². The van der Waals surface area contributed by atoms with Crippen LogP contribution in [-0.4, -0.2) is 10.1 Å². The lowest BCUT2D eigenvalue weighted by atomic mass is 10.2. The van der Waals surface area contributed by atoms with Gasteiger partial charge in [0.15, 0.2) is 5.76 Å². The molecule has 0 saturated heterocycles. The van der Waals surface area contributed by atoms with Crippen LogP contribution >= 0.6 is 23.2 Å². The molecule has 0 fully saturated rings. The van der Waals surface area contributed by atoms with Gasteiger partial charge in [0, 0.05) is 12.3 Å². The SMILES string of the molecule is C[C@@H](Cl)c1cc(-c2ncc(C(F)(F)F)cc2Cl)no1. The lowest BCUT2D eigenvalue weighted by Gasteiger charge is -2.07. The zero-order chi connectivity index (χ0) is 14.2. The van der Waals surface area contributed by atoms with Crippen molar-refractivity contribution in [3.8, 4) is 11.4 Å². The van der Waals surface area contributed by atoms with Gasteiger partial charge in [-0.25, -0.2) is 0 Å². The van der Waals surface area contributed by atoms with E-state index in [9.17, 15) is 13.2 Å². The first-order chi connectivity index (χ1) is 8.79. The van der Waals surface area contributed by atoms with Crippen molar-refractivity contribution in [1.82, 2.24) is 10.1 Å². The van der Waals surface area contributed by atoms with Crippen LogP contribution in [0.15, 0.2) is 22.9 Å². The molecule has 0 N–H and O–H groups in total. The van der Waals surface area contributed by atoms with E-state index in [1.54, 1.807) is 6.92 Å². The highest BCUT2D eigenvalue weighted by Crippen LogP contribution is 2.34. The Bertz CT molecular complexity index is 596. The van der Waals surface area contributed by atoms with E-state index in [1.165, 1.54) is 6.07 Å². The molecule has 0 amide bonds. The average molecular weight is 311 g/mol. The van der Waals surface area contributed by atoms with Crippen molar-refractivity contribution in [3.63, 3.8) is 0 Å². The van der Waals surface area contributed by atoms with E-state index in [1.807, 2.05) is 0 Å². The summed E-state index contributed by atoms with van der Waals surface area (Å²) in [7, 11) is 0. The first-order valence-electron chi connectivity index (χ1n) is 5.13. The Labute approximate surface area is 116 Å². The molecule has 0 spiro atoms. The zero-order valence-corrected chi connectivity index (χ0v) is 11.0. The van der Waals surface area contributed by atoms with E-state index in [2.05, 4.69) is 10.1 Å². The summed E-state index contributed by atoms with van der Waals surface area (Å²) < 4.78 is 42.3. The van der Waals surface area contributed by atoms with Crippen molar-refractivity contribution in [2.45, 2.75) is 18.5 Å². The summed E-state index contributed by atoms with van der Waals surface area (Å²) in [4.78, 5) is 3.67. The molecule has 102 valence electrons. The molecule has 2 aromatic rings. The summed E-state index contributed by atoms with van der Waals surface area (Å²) in [6.07, 6.45) is -3.80. The number of aromatic nitrogens is 2. The monoisotopic (exact) mass is 310 g/mol. The molecule has 0 radical (unpaired) electrons. The van der Waals surface area contributed by atoms with E-state index < -0.39 is 17.1 Å². The fraction of sp³-hybridized carbons (Fsp3) is 0.273. The van der Waals surface area contributed by atoms with Crippen LogP contribution in [0, 0.1) is 0 Å². The molecule has 0 bridgehead atoms. The summed E-state index contributed by atoms with van der Waals surface area (Å²) in [5.74, 6) is 0.384. The van der Waals surface area contributed by atoms with Crippen LogP contribution in [0.1, 0.15) is 23.6 Å². The van der Waals surface area contributed by atoms with Gasteiger partial charge in [-0.3, -0.25) is 4.98 Å². The quantitative estimate of drug-likeness (QED) is 0.754. The maximum absolute atomic E-state index is 12.5. The van der Waals surface area contributed by atoms with Crippen molar-refractivity contribution in [1.29, 1.82) is 0 Å². The Morgan fingerprint density at radius 1 is 1.32 bits per heavy atom. The molecule has 8 heteroatoms. The molecule has 0 aliphatic rings. The van der Waals surface area contributed by atoms with Gasteiger partial charge < -0.3 is 4.52 Å². The number of hydrogen-bond donors (Lipinski definition) is 0. The minimum Gasteiger partial charge on any atom is -0.359 e. The van der Waals surface area contributed by atoms with Gasteiger partial charge in [-0.05, 0) is 13.0 Å². The normalized spacial score (nSPS) is 13.6. The lowest BCUT2D eigenvalue weighted by Crippen LogP contribution is -2.05. The highest BCUT2D eigenvalue weighted by atomic mass is 35.5. The molecule has 0 unspecified atom stereocenters. The Kier molecular flexibility index (Phi) is 3.73. The number of alkyl halides is 4. The molecule has 0 aromatic carbocycles. The smallest absolute Gasteiger partial charge is 0.359 e. The van der Waals surface area contributed by atoms with Gasteiger partial charge in [0.05, 0.1) is 16.0 Å². The molecular weight excluding hydrogens is 304 g/mol. The maximum Gasteiger partial charge on any atom is 0.417 e. The van der Waals surface area contributed by atoms with Gasteiger partial charge in [-0.1, -0.05) is 16.8 Å². The van der Waals surface area contributed by atoms with Gasteiger partial charge in [0.1, 0.15) is 11.4 Å². The summed E-state index contributed by atoms with van der Waals surface area (Å²) in [6, 6.07) is 2.28. The van der Waals surface area contributed by atoms with Crippen LogP contribution in [0.25, 0.3) is 11.4 Å². The largest absolute Gasteiger partial charge is 0.417 e. The standard InChI is InChI=1S/C11H7Cl2F3N2O/c1-5(12)9-3-8(18-19-9)10-7(13)2-6(4-17-10)11(14,15)16/h2-5H,1H3/t5-/m1/s1. The molecule has 0 aliphatic carbocycles. The third-order valence-electron chi connectivity index (χ3n) is 2.33. The molecule has 0 aliphatic heterocycles. The Morgan fingerprint density at radius 2 is 2.00 bits per heavy atom. The number of halogens is 5. The Hall–Kier alpha value is -1.27. The van der Waals surface area contributed by atoms with Gasteiger partial charge >= 0.3 is 6.18 Å². The predicted molar refractivity (Wildman–Crippen MR) is 64.0 cm³/mol. The number of hydrogen-bond acceptors (Lipinski definition) is 3. The van der Waals surface area contributed by atoms with Gasteiger partial charge in [0.2, 0.25) is 0 Å². The summed E-state index contributed by atoms with van der Waals surface area (Å²) >= 11 is 11.6. The van der Waals surface area contributed by atoms with E-state index in [0.717, 1.165) is 6.07 Å². The topological polar surface area (TPSA) is 38.9 Å². The first kappa shape index (κ1) is 14.1. The molecule has 1 atom stereocenters. The highest BCUT2D eigenvalue weighted by molar-refractivity contribution is 6.33. The summed E-state index contributed by atoms with van der Waals surface area (Å²) in [6.45, 7) is 1.67. The molecule has 19 heavy (non-hydrogen) atoms. The number of nitrogens with zero attached hydrogens (tertiary/aromatic N) is 2. The molecule has 2 heterocycles. The molecule has 3 nitrogen and oxygen atoms in total. The van der Waals surface area contributed by atoms with Crippen molar-refractivity contribution in [2.75, 3.05) is 0 Å². The van der Waals surface area contributed by atoms with Gasteiger partial charge in [-0.2, -0.15) is 13.2 Å². The second-order valence-electron chi connectivity index (χ2n) is 3.78. The fourth-order valence-corrected chi connectivity index (χ4v) is 1.74. The predicted octanol–water partition coefficient (Wildman–Crippen LogP) is 4.71. The van der Waals surface area contributed by atoms with Gasteiger partial charge in [0.25, 0.3) is 0 Å². The molecule has 0 saturated carbocycles. The van der Waals surface area contributed by atoms with Crippen LogP contribution in [0.4, 0.5) is 13.2 Å². The zero-order valence-electron chi connectivity index (χ0n) is 9.50. The van der Waals surface area contributed by atoms with Crippen LogP contribution in [-0.2, 0) is 6.18 Å². The second-order valence-corrected chi connectivity index (χ2v) is 4.84. The Morgan fingerprint density at radius 3 is 2.47 bits per heavy atom. The molecule has 2 aromatic heterocycles. The fourth-order valence-electron chi connectivity index (χ4n) is 1.37. The van der Waals surface area contributed by atoms with E-state index in [-0.39, 0.29) is 16.4 Å². The molecule has 2 rings (SSSR count). The Balaban J connectivity index is 2.40. The number of pyridine rings is 1. The van der Waals surface area contributed by atoms with Gasteiger partial charge in [-0.15, -0.1) is 11.6 Å². The minimum absolute atomic E-state index is 0.113. The van der Waals surface area contributed by atoms with Crippen LogP contribution in [0.2, 0.25) is 5.02 Å². The summed E-state index contributed by atoms with van der Waals surface area (Å²) in [5.41, 5.74) is -0.570. The third kappa shape index (κ3) is 3.01. The number of rotatable bonds is 2. The van der Waals surface area contributed by atoms with Crippen LogP contribution < -0.4 is 0 Å². The van der Waals surface area contributed by atoms with Crippen molar-refractivity contribution in [2.24, 2.45) is 0 Å². The lowest BCUT2D eigenvalue weighted by molar-refractivity contribution is -0.137. The molecular formula is C11H7Cl2F3N2O. The third-order valence-corrected chi connectivity index (χ3v) is 2.83. The summed E-state index contributed by atoms with van der Waals surface area (Å²) in [5, 5.41) is 3.11. The maximum atomic E-state index is 12.5. The van der Waals surface area contributed by atoms with Crippen molar-refractivity contribution < 1.29 is 17.7 Å². The van der Waals surface area contributed by atoms with E-state index >= 15 is 0 Å². The van der Waals surface area contributed by atoms with Crippen LogP contribution in [0.5, 0.6) is 0 Å². The first-order valence-corrected chi connectivity index (χ1v) is 5.94. The average Bonchev–Trinajstić information content (AvgIpc) is 2.76. The van der Waals surface area contributed by atoms with E-state index in [4.69, 9.17) is 27.7 Å². The van der Waals surface area contributed by atoms with Crippen molar-refractivity contribution >= 4 is 23.2 Å². The minimum atomic E-state index is -4.49. The second kappa shape index (κ2) is 5.02.